The molecule has 0 radical (unpaired) electrons. The van der Waals surface area contributed by atoms with Gasteiger partial charge in [-0.25, -0.2) is 0 Å². The van der Waals surface area contributed by atoms with Crippen LogP contribution in [-0.4, -0.2) is 17.3 Å². The number of aryl methyl sites for hydroxylation is 1. The highest BCUT2D eigenvalue weighted by Gasteiger charge is 2.48. The van der Waals surface area contributed by atoms with Gasteiger partial charge in [-0.1, -0.05) is 49.7 Å². The second kappa shape index (κ2) is 7.56. The molecule has 2 aliphatic rings. The third kappa shape index (κ3) is 3.66. The van der Waals surface area contributed by atoms with E-state index in [9.17, 15) is 5.11 Å². The smallest absolute Gasteiger partial charge is 0.198 e. The maximum atomic E-state index is 10.4. The monoisotopic (exact) mass is 386 g/mol. The molecule has 144 valence electrons. The fraction of sp³-hybridized carbons (Fsp3) is 0.478. The molecular weight excluding hydrogens is 360 g/mol. The topological polar surface area (TPSA) is 38.7 Å². The first kappa shape index (κ1) is 18.9. The molecule has 2 aromatic rings. The lowest BCUT2D eigenvalue weighted by Crippen LogP contribution is -2.43. The second-order valence-corrected chi connectivity index (χ2v) is 8.14. The maximum Gasteiger partial charge on any atom is 0.198 e. The Morgan fingerprint density at radius 3 is 2.59 bits per heavy atom. The van der Waals surface area contributed by atoms with Gasteiger partial charge in [0.25, 0.3) is 0 Å². The molecule has 27 heavy (non-hydrogen) atoms. The van der Waals surface area contributed by atoms with Gasteiger partial charge in [0, 0.05) is 17.0 Å². The third-order valence-electron chi connectivity index (χ3n) is 5.82. The lowest BCUT2D eigenvalue weighted by atomic mass is 9.89. The van der Waals surface area contributed by atoms with Crippen molar-refractivity contribution in [1.29, 1.82) is 0 Å². The summed E-state index contributed by atoms with van der Waals surface area (Å²) < 4.78 is 12.4. The van der Waals surface area contributed by atoms with Crippen molar-refractivity contribution in [1.82, 2.24) is 0 Å². The summed E-state index contributed by atoms with van der Waals surface area (Å²) in [7, 11) is 0. The van der Waals surface area contributed by atoms with Crippen LogP contribution < -0.4 is 0 Å². The molecule has 1 saturated heterocycles. The largest absolute Gasteiger partial charge is 0.393 e. The summed E-state index contributed by atoms with van der Waals surface area (Å²) in [6, 6.07) is 12.8. The van der Waals surface area contributed by atoms with Crippen molar-refractivity contribution < 1.29 is 14.6 Å². The van der Waals surface area contributed by atoms with E-state index in [4.69, 9.17) is 21.1 Å². The number of fused-ring (bicyclic) bond motifs is 2. The van der Waals surface area contributed by atoms with E-state index in [0.717, 1.165) is 41.0 Å². The number of hydrogen-bond acceptors (Lipinski definition) is 3. The Balaban J connectivity index is 1.66. The van der Waals surface area contributed by atoms with Crippen molar-refractivity contribution in [3.05, 3.63) is 69.2 Å². The van der Waals surface area contributed by atoms with E-state index in [-0.39, 0.29) is 6.10 Å². The van der Waals surface area contributed by atoms with E-state index >= 15 is 0 Å². The van der Waals surface area contributed by atoms with Crippen LogP contribution in [0.25, 0.3) is 0 Å². The predicted molar refractivity (Wildman–Crippen MR) is 107 cm³/mol. The fourth-order valence-electron chi connectivity index (χ4n) is 4.23. The van der Waals surface area contributed by atoms with Crippen LogP contribution in [0.15, 0.2) is 36.4 Å². The number of rotatable bonds is 4. The van der Waals surface area contributed by atoms with E-state index in [0.29, 0.717) is 19.4 Å². The van der Waals surface area contributed by atoms with Crippen LogP contribution >= 0.6 is 11.6 Å². The molecule has 2 aliphatic heterocycles. The lowest BCUT2D eigenvalue weighted by molar-refractivity contribution is -0.299. The van der Waals surface area contributed by atoms with E-state index in [1.165, 1.54) is 11.1 Å². The summed E-state index contributed by atoms with van der Waals surface area (Å²) in [5, 5.41) is 11.1. The minimum Gasteiger partial charge on any atom is -0.393 e. The summed E-state index contributed by atoms with van der Waals surface area (Å²) in [5.41, 5.74) is 5.74. The van der Waals surface area contributed by atoms with E-state index < -0.39 is 11.9 Å². The van der Waals surface area contributed by atoms with Gasteiger partial charge >= 0.3 is 0 Å². The third-order valence-corrected chi connectivity index (χ3v) is 6.17. The number of aliphatic hydroxyl groups excluding tert-OH is 1. The van der Waals surface area contributed by atoms with Crippen molar-refractivity contribution >= 4 is 11.6 Å². The highest BCUT2D eigenvalue weighted by atomic mass is 35.5. The number of ether oxygens (including phenoxy) is 2. The van der Waals surface area contributed by atoms with Crippen molar-refractivity contribution in [2.45, 2.75) is 70.6 Å². The van der Waals surface area contributed by atoms with Gasteiger partial charge in [-0.05, 0) is 60.1 Å². The molecular formula is C23H27ClO3. The fourth-order valence-corrected chi connectivity index (χ4v) is 4.49. The van der Waals surface area contributed by atoms with Crippen molar-refractivity contribution in [2.24, 2.45) is 0 Å². The number of halogens is 1. The van der Waals surface area contributed by atoms with E-state index in [2.05, 4.69) is 44.2 Å². The average Bonchev–Trinajstić information content (AvgIpc) is 2.98. The highest BCUT2D eigenvalue weighted by molar-refractivity contribution is 6.31. The van der Waals surface area contributed by atoms with Crippen molar-refractivity contribution in [3.8, 4) is 0 Å². The molecule has 3 nitrogen and oxygen atoms in total. The molecule has 1 spiro atoms. The highest BCUT2D eigenvalue weighted by Crippen LogP contribution is 2.47. The van der Waals surface area contributed by atoms with Gasteiger partial charge in [0.15, 0.2) is 5.79 Å². The molecule has 0 aromatic heterocycles. The Morgan fingerprint density at radius 1 is 1.15 bits per heavy atom. The van der Waals surface area contributed by atoms with Crippen LogP contribution in [0.4, 0.5) is 0 Å². The standard InChI is InChI=1S/C23H27ClO3/c1-3-15-5-7-16(8-6-15)9-17-10-21-18(11-22(17)24)14-26-23(21)13-19(25)12-20(4-2)27-23/h5-8,10-11,19-20,25H,3-4,9,12-14H2,1-2H3/t19-,20+,23+/m0/s1. The summed E-state index contributed by atoms with van der Waals surface area (Å²) >= 11 is 6.58. The van der Waals surface area contributed by atoms with Gasteiger partial charge in [0.1, 0.15) is 0 Å². The molecule has 2 heterocycles. The van der Waals surface area contributed by atoms with Crippen LogP contribution in [0.1, 0.15) is 60.9 Å². The van der Waals surface area contributed by atoms with E-state index in [1.807, 2.05) is 6.07 Å². The zero-order chi connectivity index (χ0) is 19.0. The van der Waals surface area contributed by atoms with Crippen LogP contribution in [-0.2, 0) is 34.7 Å². The molecule has 4 heteroatoms. The minimum atomic E-state index is -0.834. The molecule has 4 rings (SSSR count). The SMILES string of the molecule is CCc1ccc(Cc2cc3c(cc2Cl)CO[C@@]32C[C@@H](O)C[C@@H](CC)O2)cc1. The van der Waals surface area contributed by atoms with Crippen molar-refractivity contribution in [2.75, 3.05) is 0 Å². The Labute approximate surface area is 166 Å². The summed E-state index contributed by atoms with van der Waals surface area (Å²) in [6.45, 7) is 4.72. The molecule has 0 bridgehead atoms. The van der Waals surface area contributed by atoms with Crippen LogP contribution in [0, 0.1) is 0 Å². The van der Waals surface area contributed by atoms with Gasteiger partial charge < -0.3 is 14.6 Å². The average molecular weight is 387 g/mol. The van der Waals surface area contributed by atoms with E-state index in [1.54, 1.807) is 0 Å². The molecule has 0 aliphatic carbocycles. The first-order valence-corrected chi connectivity index (χ1v) is 10.3. The molecule has 3 atom stereocenters. The van der Waals surface area contributed by atoms with Crippen LogP contribution in [0.5, 0.6) is 0 Å². The lowest BCUT2D eigenvalue weighted by Gasteiger charge is -2.40. The second-order valence-electron chi connectivity index (χ2n) is 7.73. The summed E-state index contributed by atoms with van der Waals surface area (Å²) in [6.07, 6.45) is 3.42. The number of aliphatic hydroxyl groups is 1. The Morgan fingerprint density at radius 2 is 1.89 bits per heavy atom. The molecule has 0 unspecified atom stereocenters. The quantitative estimate of drug-likeness (QED) is 0.791. The minimum absolute atomic E-state index is 0.0143. The Hall–Kier alpha value is -1.39. The van der Waals surface area contributed by atoms with Crippen molar-refractivity contribution in [3.63, 3.8) is 0 Å². The van der Waals surface area contributed by atoms with Gasteiger partial charge in [-0.2, -0.15) is 0 Å². The maximum absolute atomic E-state index is 10.4. The normalized spacial score (nSPS) is 27.1. The first-order chi connectivity index (χ1) is 13.0. The van der Waals surface area contributed by atoms with Crippen LogP contribution in [0.2, 0.25) is 5.02 Å². The number of benzene rings is 2. The molecule has 0 saturated carbocycles. The summed E-state index contributed by atoms with van der Waals surface area (Å²) in [5.74, 6) is -0.834. The van der Waals surface area contributed by atoms with Gasteiger partial charge in [0.05, 0.1) is 18.8 Å². The Kier molecular flexibility index (Phi) is 5.30. The number of hydrogen-bond donors (Lipinski definition) is 1. The van der Waals surface area contributed by atoms with Crippen LogP contribution in [0.3, 0.4) is 0 Å². The van der Waals surface area contributed by atoms with Gasteiger partial charge in [-0.3, -0.25) is 0 Å². The predicted octanol–water partition coefficient (Wildman–Crippen LogP) is 5.13. The Bertz CT molecular complexity index is 817. The molecule has 1 N–H and O–H groups in total. The zero-order valence-electron chi connectivity index (χ0n) is 16.0. The van der Waals surface area contributed by atoms with Gasteiger partial charge in [0.2, 0.25) is 0 Å². The van der Waals surface area contributed by atoms with Gasteiger partial charge in [-0.15, -0.1) is 0 Å². The zero-order valence-corrected chi connectivity index (χ0v) is 16.8. The molecule has 0 amide bonds. The molecule has 2 aromatic carbocycles. The molecule has 1 fully saturated rings. The summed E-state index contributed by atoms with van der Waals surface area (Å²) in [4.78, 5) is 0. The first-order valence-electron chi connectivity index (χ1n) is 9.92.